The quantitative estimate of drug-likeness (QED) is 0.324. The van der Waals surface area contributed by atoms with Crippen LogP contribution in [0.15, 0.2) is 46.0 Å². The topological polar surface area (TPSA) is 84.4 Å². The fourth-order valence-corrected chi connectivity index (χ4v) is 4.13. The van der Waals surface area contributed by atoms with E-state index in [4.69, 9.17) is 18.6 Å². The molecule has 1 atom stereocenters. The monoisotopic (exact) mass is 462 g/mol. The molecule has 168 valence electrons. The van der Waals surface area contributed by atoms with Gasteiger partial charge in [0.05, 0.1) is 37.6 Å². The second-order valence-electron chi connectivity index (χ2n) is 6.65. The number of para-hydroxylation sites is 2. The standard InChI is InChI=1S/C21H20F2N4O4S/c1-11(18-24-13-7-5-6-8-14(13)27(18)20(22)23)32-21-26-25-19(31-21)12-9-15(28-2)17(30-4)16(10-12)29-3/h5-11,20H,1-4H3. The minimum atomic E-state index is -2.72. The molecule has 2 aromatic heterocycles. The lowest BCUT2D eigenvalue weighted by atomic mass is 10.2. The smallest absolute Gasteiger partial charge is 0.320 e. The Morgan fingerprint density at radius 1 is 1.00 bits per heavy atom. The molecule has 0 radical (unpaired) electrons. The van der Waals surface area contributed by atoms with E-state index >= 15 is 0 Å². The molecule has 2 aromatic carbocycles. The maximum atomic E-state index is 13.7. The lowest BCUT2D eigenvalue weighted by molar-refractivity contribution is 0.0715. The zero-order valence-electron chi connectivity index (χ0n) is 17.7. The van der Waals surface area contributed by atoms with Crippen molar-refractivity contribution in [2.75, 3.05) is 21.3 Å². The van der Waals surface area contributed by atoms with E-state index in [2.05, 4.69) is 15.2 Å². The third kappa shape index (κ3) is 3.95. The molecular weight excluding hydrogens is 442 g/mol. The van der Waals surface area contributed by atoms with E-state index in [1.807, 2.05) is 0 Å². The zero-order chi connectivity index (χ0) is 22.8. The lowest BCUT2D eigenvalue weighted by Crippen LogP contribution is -2.06. The molecular formula is C21H20F2N4O4S. The molecule has 0 bridgehead atoms. The fourth-order valence-electron chi connectivity index (χ4n) is 3.34. The molecule has 2 heterocycles. The Hall–Kier alpha value is -3.34. The number of hydrogen-bond acceptors (Lipinski definition) is 8. The number of alkyl halides is 2. The Kier molecular flexibility index (Phi) is 6.17. The van der Waals surface area contributed by atoms with Crippen LogP contribution in [0.25, 0.3) is 22.5 Å². The Bertz CT molecular complexity index is 1220. The van der Waals surface area contributed by atoms with Crippen LogP contribution in [0.2, 0.25) is 0 Å². The fraction of sp³-hybridized carbons (Fsp3) is 0.286. The van der Waals surface area contributed by atoms with Gasteiger partial charge in [-0.2, -0.15) is 8.78 Å². The van der Waals surface area contributed by atoms with Crippen molar-refractivity contribution < 1.29 is 27.4 Å². The van der Waals surface area contributed by atoms with Crippen molar-refractivity contribution in [3.63, 3.8) is 0 Å². The van der Waals surface area contributed by atoms with Gasteiger partial charge in [0.15, 0.2) is 11.5 Å². The van der Waals surface area contributed by atoms with E-state index in [9.17, 15) is 8.78 Å². The maximum Gasteiger partial charge on any atom is 0.320 e. The summed E-state index contributed by atoms with van der Waals surface area (Å²) < 4.78 is 50.2. The summed E-state index contributed by atoms with van der Waals surface area (Å²) >= 11 is 1.14. The molecule has 0 spiro atoms. The largest absolute Gasteiger partial charge is 0.493 e. The summed E-state index contributed by atoms with van der Waals surface area (Å²) in [6, 6.07) is 10.1. The van der Waals surface area contributed by atoms with Gasteiger partial charge in [0, 0.05) is 5.56 Å². The number of aromatic nitrogens is 4. The van der Waals surface area contributed by atoms with Gasteiger partial charge in [0.25, 0.3) is 5.22 Å². The van der Waals surface area contributed by atoms with Gasteiger partial charge in [-0.05, 0) is 31.2 Å². The van der Waals surface area contributed by atoms with Gasteiger partial charge >= 0.3 is 6.55 Å². The highest BCUT2D eigenvalue weighted by Gasteiger charge is 2.25. The zero-order valence-corrected chi connectivity index (χ0v) is 18.5. The van der Waals surface area contributed by atoms with Crippen LogP contribution in [-0.4, -0.2) is 41.1 Å². The van der Waals surface area contributed by atoms with Crippen LogP contribution in [0.1, 0.15) is 24.5 Å². The van der Waals surface area contributed by atoms with Crippen molar-refractivity contribution in [2.24, 2.45) is 0 Å². The molecule has 0 amide bonds. The summed E-state index contributed by atoms with van der Waals surface area (Å²) in [6.07, 6.45) is 0. The van der Waals surface area contributed by atoms with Crippen LogP contribution >= 0.6 is 11.8 Å². The molecule has 1 unspecified atom stereocenters. The Morgan fingerprint density at radius 3 is 2.31 bits per heavy atom. The summed E-state index contributed by atoms with van der Waals surface area (Å²) in [5, 5.41) is 7.87. The van der Waals surface area contributed by atoms with Crippen molar-refractivity contribution in [1.82, 2.24) is 19.7 Å². The predicted molar refractivity (Wildman–Crippen MR) is 115 cm³/mol. The molecule has 0 fully saturated rings. The number of hydrogen-bond donors (Lipinski definition) is 0. The van der Waals surface area contributed by atoms with Crippen LogP contribution in [-0.2, 0) is 0 Å². The summed E-state index contributed by atoms with van der Waals surface area (Å²) in [4.78, 5) is 4.38. The molecule has 32 heavy (non-hydrogen) atoms. The summed E-state index contributed by atoms with van der Waals surface area (Å²) in [5.74, 6) is 1.76. The number of rotatable bonds is 8. The highest BCUT2D eigenvalue weighted by molar-refractivity contribution is 7.99. The highest BCUT2D eigenvalue weighted by Crippen LogP contribution is 2.42. The molecule has 4 rings (SSSR count). The van der Waals surface area contributed by atoms with E-state index in [1.165, 1.54) is 21.3 Å². The number of halogens is 2. The minimum absolute atomic E-state index is 0.217. The number of methoxy groups -OCH3 is 3. The molecule has 0 saturated carbocycles. The number of fused-ring (bicyclic) bond motifs is 1. The molecule has 8 nitrogen and oxygen atoms in total. The first-order chi connectivity index (χ1) is 15.5. The summed E-state index contributed by atoms with van der Waals surface area (Å²) in [6.45, 7) is -0.966. The molecule has 11 heteroatoms. The van der Waals surface area contributed by atoms with Gasteiger partial charge in [-0.15, -0.1) is 10.2 Å². The van der Waals surface area contributed by atoms with Gasteiger partial charge in [-0.3, -0.25) is 4.57 Å². The molecule has 4 aromatic rings. The average Bonchev–Trinajstić information content (AvgIpc) is 3.42. The van der Waals surface area contributed by atoms with Crippen LogP contribution in [0.4, 0.5) is 8.78 Å². The van der Waals surface area contributed by atoms with E-state index < -0.39 is 11.8 Å². The van der Waals surface area contributed by atoms with E-state index in [0.717, 1.165) is 16.3 Å². The van der Waals surface area contributed by atoms with E-state index in [1.54, 1.807) is 43.3 Å². The first kappa shape index (κ1) is 21.9. The number of ether oxygens (including phenoxy) is 3. The SMILES string of the molecule is COc1cc(-c2nnc(SC(C)c3nc4ccccc4n3C(F)F)o2)cc(OC)c1OC. The van der Waals surface area contributed by atoms with Crippen LogP contribution < -0.4 is 14.2 Å². The van der Waals surface area contributed by atoms with E-state index in [0.29, 0.717) is 33.8 Å². The number of imidazole rings is 1. The summed E-state index contributed by atoms with van der Waals surface area (Å²) in [5.41, 5.74) is 1.43. The first-order valence-corrected chi connectivity index (χ1v) is 10.4. The van der Waals surface area contributed by atoms with Gasteiger partial charge in [0.2, 0.25) is 11.6 Å². The second kappa shape index (κ2) is 9.03. The first-order valence-electron chi connectivity index (χ1n) is 9.52. The van der Waals surface area contributed by atoms with Gasteiger partial charge in [-0.25, -0.2) is 4.98 Å². The Morgan fingerprint density at radius 2 is 1.69 bits per heavy atom. The van der Waals surface area contributed by atoms with Crippen molar-refractivity contribution in [1.29, 1.82) is 0 Å². The number of thioether (sulfide) groups is 1. The molecule has 0 saturated heterocycles. The molecule has 0 aliphatic heterocycles. The Labute approximate surface area is 186 Å². The van der Waals surface area contributed by atoms with Crippen molar-refractivity contribution in [3.8, 4) is 28.7 Å². The van der Waals surface area contributed by atoms with Crippen molar-refractivity contribution in [3.05, 3.63) is 42.2 Å². The van der Waals surface area contributed by atoms with Crippen LogP contribution in [0.3, 0.4) is 0 Å². The van der Waals surface area contributed by atoms with Gasteiger partial charge in [0.1, 0.15) is 5.82 Å². The van der Waals surface area contributed by atoms with Crippen molar-refractivity contribution >= 4 is 22.8 Å². The Balaban J connectivity index is 1.63. The van der Waals surface area contributed by atoms with Crippen molar-refractivity contribution in [2.45, 2.75) is 23.9 Å². The third-order valence-corrected chi connectivity index (χ3v) is 5.71. The normalized spacial score (nSPS) is 12.3. The predicted octanol–water partition coefficient (Wildman–Crippen LogP) is 5.36. The second-order valence-corrected chi connectivity index (χ2v) is 7.95. The molecule has 0 aliphatic rings. The third-order valence-electron chi connectivity index (χ3n) is 4.78. The highest BCUT2D eigenvalue weighted by atomic mass is 32.2. The summed E-state index contributed by atoms with van der Waals surface area (Å²) in [7, 11) is 4.52. The lowest BCUT2D eigenvalue weighted by Gasteiger charge is -2.13. The average molecular weight is 462 g/mol. The van der Waals surface area contributed by atoms with Crippen LogP contribution in [0.5, 0.6) is 17.2 Å². The number of benzene rings is 2. The molecule has 0 N–H and O–H groups in total. The van der Waals surface area contributed by atoms with Crippen LogP contribution in [0, 0.1) is 0 Å². The van der Waals surface area contributed by atoms with Gasteiger partial charge in [-0.1, -0.05) is 23.9 Å². The minimum Gasteiger partial charge on any atom is -0.493 e. The maximum absolute atomic E-state index is 13.7. The van der Waals surface area contributed by atoms with E-state index in [-0.39, 0.29) is 16.9 Å². The number of nitrogens with zero attached hydrogens (tertiary/aromatic N) is 4. The molecule has 0 aliphatic carbocycles. The van der Waals surface area contributed by atoms with Gasteiger partial charge < -0.3 is 18.6 Å².